The number of fused-ring (bicyclic) bond motifs is 1. The third-order valence-electron chi connectivity index (χ3n) is 6.57. The SMILES string of the molecule is COc1ccc(N2CCN(C(=O)CN3C(=O)N[C@H](Cc4c[nH]c5ccccc45)C3=O)CC2)cc1. The minimum Gasteiger partial charge on any atom is -0.497 e. The highest BCUT2D eigenvalue weighted by molar-refractivity contribution is 6.06. The number of benzene rings is 2. The fourth-order valence-electron chi connectivity index (χ4n) is 4.63. The molecule has 2 aliphatic rings. The van der Waals surface area contributed by atoms with Crippen LogP contribution in [-0.4, -0.2) is 78.5 Å². The summed E-state index contributed by atoms with van der Waals surface area (Å²) in [5, 5.41) is 3.76. The number of carbonyl (C=O) groups excluding carboxylic acids is 3. The van der Waals surface area contributed by atoms with Crippen molar-refractivity contribution in [2.45, 2.75) is 12.5 Å². The van der Waals surface area contributed by atoms with Gasteiger partial charge in [0.15, 0.2) is 0 Å². The lowest BCUT2D eigenvalue weighted by atomic mass is 10.1. The van der Waals surface area contributed by atoms with Crippen LogP contribution < -0.4 is 15.0 Å². The number of piperazine rings is 1. The van der Waals surface area contributed by atoms with Gasteiger partial charge < -0.3 is 24.8 Å². The summed E-state index contributed by atoms with van der Waals surface area (Å²) in [7, 11) is 1.63. The molecule has 0 saturated carbocycles. The van der Waals surface area contributed by atoms with E-state index in [0.29, 0.717) is 32.6 Å². The zero-order chi connectivity index (χ0) is 23.7. The molecule has 9 heteroatoms. The topological polar surface area (TPSA) is 98.0 Å². The number of ether oxygens (including phenoxy) is 1. The Hall–Kier alpha value is -4.01. The van der Waals surface area contributed by atoms with E-state index in [2.05, 4.69) is 15.2 Å². The molecule has 0 radical (unpaired) electrons. The molecule has 2 N–H and O–H groups in total. The maximum absolute atomic E-state index is 12.9. The fraction of sp³-hybridized carbons (Fsp3) is 0.320. The normalized spacial score (nSPS) is 18.5. The lowest BCUT2D eigenvalue weighted by Crippen LogP contribution is -2.52. The molecule has 0 bridgehead atoms. The predicted octanol–water partition coefficient (Wildman–Crippen LogP) is 1.99. The second-order valence-corrected chi connectivity index (χ2v) is 8.56. The molecule has 0 unspecified atom stereocenters. The zero-order valence-corrected chi connectivity index (χ0v) is 19.0. The smallest absolute Gasteiger partial charge is 0.325 e. The summed E-state index contributed by atoms with van der Waals surface area (Å²) in [6.45, 7) is 2.20. The number of hydrogen-bond acceptors (Lipinski definition) is 5. The molecule has 1 aromatic heterocycles. The van der Waals surface area contributed by atoms with Gasteiger partial charge in [0, 0.05) is 55.4 Å². The second-order valence-electron chi connectivity index (χ2n) is 8.56. The summed E-state index contributed by atoms with van der Waals surface area (Å²) in [4.78, 5) is 46.4. The van der Waals surface area contributed by atoms with Crippen LogP contribution in [0, 0.1) is 0 Å². The average molecular weight is 462 g/mol. The van der Waals surface area contributed by atoms with Crippen LogP contribution in [0.15, 0.2) is 54.7 Å². The van der Waals surface area contributed by atoms with Crippen molar-refractivity contribution in [3.63, 3.8) is 0 Å². The van der Waals surface area contributed by atoms with Gasteiger partial charge in [-0.25, -0.2) is 4.79 Å². The number of nitrogens with zero attached hydrogens (tertiary/aromatic N) is 3. The van der Waals surface area contributed by atoms with E-state index >= 15 is 0 Å². The first-order valence-corrected chi connectivity index (χ1v) is 11.4. The third-order valence-corrected chi connectivity index (χ3v) is 6.57. The van der Waals surface area contributed by atoms with Gasteiger partial charge in [-0.3, -0.25) is 14.5 Å². The van der Waals surface area contributed by atoms with Crippen LogP contribution in [0.2, 0.25) is 0 Å². The molecule has 2 aliphatic heterocycles. The van der Waals surface area contributed by atoms with Gasteiger partial charge in [0.25, 0.3) is 5.91 Å². The maximum Gasteiger partial charge on any atom is 0.325 e. The summed E-state index contributed by atoms with van der Waals surface area (Å²) in [5.41, 5.74) is 3.01. The minimum absolute atomic E-state index is 0.217. The number of imide groups is 1. The fourth-order valence-corrected chi connectivity index (χ4v) is 4.63. The van der Waals surface area contributed by atoms with Crippen molar-refractivity contribution in [1.82, 2.24) is 20.1 Å². The van der Waals surface area contributed by atoms with Crippen molar-refractivity contribution in [2.75, 3.05) is 44.7 Å². The molecule has 5 rings (SSSR count). The van der Waals surface area contributed by atoms with Gasteiger partial charge in [0.05, 0.1) is 7.11 Å². The lowest BCUT2D eigenvalue weighted by Gasteiger charge is -2.36. The van der Waals surface area contributed by atoms with Gasteiger partial charge >= 0.3 is 6.03 Å². The number of methoxy groups -OCH3 is 1. The van der Waals surface area contributed by atoms with E-state index in [-0.39, 0.29) is 18.4 Å². The first-order chi connectivity index (χ1) is 16.5. The van der Waals surface area contributed by atoms with Crippen LogP contribution in [0.25, 0.3) is 10.9 Å². The summed E-state index contributed by atoms with van der Waals surface area (Å²) in [6.07, 6.45) is 2.24. The molecule has 0 aliphatic carbocycles. The molecule has 2 aromatic carbocycles. The van der Waals surface area contributed by atoms with Gasteiger partial charge in [0.1, 0.15) is 18.3 Å². The van der Waals surface area contributed by atoms with E-state index in [0.717, 1.165) is 32.8 Å². The van der Waals surface area contributed by atoms with Gasteiger partial charge in [-0.2, -0.15) is 0 Å². The molecule has 1 atom stereocenters. The highest BCUT2D eigenvalue weighted by atomic mass is 16.5. The van der Waals surface area contributed by atoms with Crippen molar-refractivity contribution < 1.29 is 19.1 Å². The number of aromatic nitrogens is 1. The largest absolute Gasteiger partial charge is 0.497 e. The monoisotopic (exact) mass is 461 g/mol. The second kappa shape index (κ2) is 9.09. The highest BCUT2D eigenvalue weighted by Crippen LogP contribution is 2.22. The number of anilines is 1. The summed E-state index contributed by atoms with van der Waals surface area (Å²) in [5.74, 6) is 0.222. The average Bonchev–Trinajstić information content (AvgIpc) is 3.40. The van der Waals surface area contributed by atoms with Gasteiger partial charge in [-0.15, -0.1) is 0 Å². The number of rotatable bonds is 6. The van der Waals surface area contributed by atoms with Crippen LogP contribution in [0.5, 0.6) is 5.75 Å². The molecule has 0 spiro atoms. The summed E-state index contributed by atoms with van der Waals surface area (Å²) < 4.78 is 5.20. The van der Waals surface area contributed by atoms with Crippen molar-refractivity contribution in [2.24, 2.45) is 0 Å². The van der Waals surface area contributed by atoms with Crippen molar-refractivity contribution in [3.05, 3.63) is 60.3 Å². The number of amides is 4. The van der Waals surface area contributed by atoms with E-state index in [1.54, 1.807) is 12.0 Å². The van der Waals surface area contributed by atoms with Crippen LogP contribution in [-0.2, 0) is 16.0 Å². The number of carbonyl (C=O) groups is 3. The first-order valence-electron chi connectivity index (χ1n) is 11.4. The summed E-state index contributed by atoms with van der Waals surface area (Å²) >= 11 is 0. The van der Waals surface area contributed by atoms with Gasteiger partial charge in [-0.05, 0) is 35.9 Å². The van der Waals surface area contributed by atoms with Gasteiger partial charge in [0.2, 0.25) is 5.91 Å². The van der Waals surface area contributed by atoms with Crippen molar-refractivity contribution >= 4 is 34.4 Å². The molecule has 34 heavy (non-hydrogen) atoms. The Bertz CT molecular complexity index is 1210. The van der Waals surface area contributed by atoms with Crippen molar-refractivity contribution in [3.8, 4) is 5.75 Å². The standard InChI is InChI=1S/C25H27N5O4/c1-34-19-8-6-18(7-9-19)28-10-12-29(13-11-28)23(31)16-30-24(32)22(27-25(30)33)14-17-15-26-21-5-3-2-4-20(17)21/h2-9,15,22,26H,10-14,16H2,1H3,(H,27,33)/t22-/m1/s1. The maximum atomic E-state index is 12.9. The molecule has 3 aromatic rings. The Morgan fingerprint density at radius 2 is 1.76 bits per heavy atom. The first kappa shape index (κ1) is 21.8. The van der Waals surface area contributed by atoms with E-state index in [1.165, 1.54) is 0 Å². The summed E-state index contributed by atoms with van der Waals surface area (Å²) in [6, 6.07) is 14.5. The van der Waals surface area contributed by atoms with E-state index in [9.17, 15) is 14.4 Å². The van der Waals surface area contributed by atoms with E-state index < -0.39 is 12.1 Å². The van der Waals surface area contributed by atoms with Crippen LogP contribution in [0.4, 0.5) is 10.5 Å². The van der Waals surface area contributed by atoms with Crippen LogP contribution >= 0.6 is 0 Å². The number of H-pyrrole nitrogens is 1. The molecule has 9 nitrogen and oxygen atoms in total. The van der Waals surface area contributed by atoms with E-state index in [4.69, 9.17) is 4.74 Å². The Balaban J connectivity index is 1.17. The Morgan fingerprint density at radius 3 is 2.50 bits per heavy atom. The molecule has 2 fully saturated rings. The molecule has 2 saturated heterocycles. The lowest BCUT2D eigenvalue weighted by molar-refractivity contribution is -0.137. The molecular formula is C25H27N5O4. The molecule has 176 valence electrons. The Labute approximate surface area is 197 Å². The Kier molecular flexibility index (Phi) is 5.83. The van der Waals surface area contributed by atoms with Crippen LogP contribution in [0.3, 0.4) is 0 Å². The molecule has 3 heterocycles. The number of nitrogens with one attached hydrogen (secondary N) is 2. The number of aromatic amines is 1. The predicted molar refractivity (Wildman–Crippen MR) is 128 cm³/mol. The zero-order valence-electron chi connectivity index (χ0n) is 19.0. The highest BCUT2D eigenvalue weighted by Gasteiger charge is 2.40. The van der Waals surface area contributed by atoms with E-state index in [1.807, 2.05) is 54.7 Å². The molecular weight excluding hydrogens is 434 g/mol. The number of hydrogen-bond donors (Lipinski definition) is 2. The third kappa shape index (κ3) is 4.16. The quantitative estimate of drug-likeness (QED) is 0.547. The number of para-hydroxylation sites is 1. The molecule has 4 amide bonds. The Morgan fingerprint density at radius 1 is 1.03 bits per heavy atom. The van der Waals surface area contributed by atoms with Crippen molar-refractivity contribution in [1.29, 1.82) is 0 Å². The van der Waals surface area contributed by atoms with Gasteiger partial charge in [-0.1, -0.05) is 18.2 Å². The minimum atomic E-state index is -0.675. The number of urea groups is 1. The van der Waals surface area contributed by atoms with Crippen LogP contribution in [0.1, 0.15) is 5.56 Å².